The number of carbonyl (C=O) groups excluding carboxylic acids is 1. The molecule has 4 heteroatoms. The van der Waals surface area contributed by atoms with Gasteiger partial charge in [-0.15, -0.1) is 0 Å². The smallest absolute Gasteiger partial charge is 0.231 e. The number of hydrogen-bond acceptors (Lipinski definition) is 4. The van der Waals surface area contributed by atoms with Gasteiger partial charge in [-0.2, -0.15) is 0 Å². The lowest BCUT2D eigenvalue weighted by Crippen LogP contribution is -2.25. The molecule has 0 saturated carbocycles. The summed E-state index contributed by atoms with van der Waals surface area (Å²) in [4.78, 5) is 13.5. The van der Waals surface area contributed by atoms with Gasteiger partial charge >= 0.3 is 0 Å². The summed E-state index contributed by atoms with van der Waals surface area (Å²) in [7, 11) is 0. The summed E-state index contributed by atoms with van der Waals surface area (Å²) in [5.41, 5.74) is 3.94. The van der Waals surface area contributed by atoms with Crippen molar-refractivity contribution in [2.45, 2.75) is 38.1 Å². The van der Waals surface area contributed by atoms with Crippen LogP contribution in [0, 0.1) is 0 Å². The van der Waals surface area contributed by atoms with Gasteiger partial charge in [-0.25, -0.2) is 0 Å². The van der Waals surface area contributed by atoms with Gasteiger partial charge in [-0.3, -0.25) is 4.90 Å². The quantitative estimate of drug-likeness (QED) is 0.735. The topological polar surface area (TPSA) is 38.8 Å². The third-order valence-corrected chi connectivity index (χ3v) is 5.48. The first-order valence-electron chi connectivity index (χ1n) is 9.44. The van der Waals surface area contributed by atoms with E-state index < -0.39 is 0 Å². The second-order valence-electron chi connectivity index (χ2n) is 7.17. The molecule has 2 aliphatic heterocycles. The Morgan fingerprint density at radius 1 is 1.08 bits per heavy atom. The van der Waals surface area contributed by atoms with E-state index in [1.54, 1.807) is 0 Å². The molecule has 2 aromatic carbocycles. The molecule has 0 aliphatic carbocycles. The fourth-order valence-corrected chi connectivity index (χ4v) is 4.15. The molecule has 2 aromatic rings. The van der Waals surface area contributed by atoms with Crippen LogP contribution in [0.3, 0.4) is 0 Å². The van der Waals surface area contributed by atoms with Gasteiger partial charge in [0.25, 0.3) is 0 Å². The standard InChI is InChI=1S/C22H25NO3/c1-2-3-16-4-6-17(7-5-16)20-12-19(14-23(20)10-11-24)18-8-9-21-22(13-18)26-15-25-21/h4-9,11,13,19-20H,2-3,10,12,14-15H2,1H3/t19-,20-/m1/s1. The molecule has 0 aromatic heterocycles. The number of benzene rings is 2. The van der Waals surface area contributed by atoms with Crippen molar-refractivity contribution >= 4 is 6.29 Å². The Balaban J connectivity index is 1.55. The zero-order valence-corrected chi connectivity index (χ0v) is 15.2. The van der Waals surface area contributed by atoms with Crippen LogP contribution in [0.1, 0.15) is 48.4 Å². The van der Waals surface area contributed by atoms with Crippen molar-refractivity contribution in [3.8, 4) is 11.5 Å². The molecular weight excluding hydrogens is 326 g/mol. The van der Waals surface area contributed by atoms with E-state index in [1.165, 1.54) is 16.7 Å². The molecule has 4 nitrogen and oxygen atoms in total. The van der Waals surface area contributed by atoms with Gasteiger partial charge in [0.05, 0.1) is 6.54 Å². The van der Waals surface area contributed by atoms with Gasteiger partial charge in [0.15, 0.2) is 11.5 Å². The van der Waals surface area contributed by atoms with Crippen molar-refractivity contribution in [1.82, 2.24) is 4.90 Å². The summed E-state index contributed by atoms with van der Waals surface area (Å²) < 4.78 is 10.9. The van der Waals surface area contributed by atoms with Crippen LogP contribution in [-0.2, 0) is 11.2 Å². The SMILES string of the molecule is CCCc1ccc([C@H]2C[C@@H](c3ccc4c(c3)OCO4)CN2CC=O)cc1. The van der Waals surface area contributed by atoms with Crippen LogP contribution < -0.4 is 9.47 Å². The average molecular weight is 351 g/mol. The molecule has 0 unspecified atom stereocenters. The Morgan fingerprint density at radius 2 is 1.85 bits per heavy atom. The number of carbonyl (C=O) groups is 1. The Kier molecular flexibility index (Phi) is 4.93. The fraction of sp³-hybridized carbons (Fsp3) is 0.409. The van der Waals surface area contributed by atoms with Crippen molar-refractivity contribution in [3.05, 3.63) is 59.2 Å². The lowest BCUT2D eigenvalue weighted by atomic mass is 9.93. The van der Waals surface area contributed by atoms with Crippen molar-refractivity contribution in [2.75, 3.05) is 19.9 Å². The van der Waals surface area contributed by atoms with E-state index in [0.29, 0.717) is 19.3 Å². The van der Waals surface area contributed by atoms with Crippen LogP contribution in [-0.4, -0.2) is 31.1 Å². The summed E-state index contributed by atoms with van der Waals surface area (Å²) >= 11 is 0. The monoisotopic (exact) mass is 351 g/mol. The van der Waals surface area contributed by atoms with Gasteiger partial charge in [0.2, 0.25) is 6.79 Å². The Labute approximate surface area is 154 Å². The zero-order valence-electron chi connectivity index (χ0n) is 15.2. The maximum absolute atomic E-state index is 11.2. The number of aryl methyl sites for hydroxylation is 1. The predicted octanol–water partition coefficient (Wildman–Crippen LogP) is 4.10. The van der Waals surface area contributed by atoms with Crippen LogP contribution in [0.4, 0.5) is 0 Å². The lowest BCUT2D eigenvalue weighted by Gasteiger charge is -2.22. The minimum atomic E-state index is 0.284. The molecule has 26 heavy (non-hydrogen) atoms. The van der Waals surface area contributed by atoms with Gasteiger partial charge in [0, 0.05) is 12.6 Å². The van der Waals surface area contributed by atoms with Crippen molar-refractivity contribution < 1.29 is 14.3 Å². The van der Waals surface area contributed by atoms with Crippen LogP contribution in [0.5, 0.6) is 11.5 Å². The highest BCUT2D eigenvalue weighted by Crippen LogP contribution is 2.43. The Hall–Kier alpha value is -2.33. The largest absolute Gasteiger partial charge is 0.454 e. The average Bonchev–Trinajstić information content (AvgIpc) is 3.29. The van der Waals surface area contributed by atoms with E-state index in [1.807, 2.05) is 6.07 Å². The molecule has 1 saturated heterocycles. The van der Waals surface area contributed by atoms with Crippen LogP contribution >= 0.6 is 0 Å². The number of nitrogens with zero attached hydrogens (tertiary/aromatic N) is 1. The number of ether oxygens (including phenoxy) is 2. The molecule has 4 rings (SSSR count). The van der Waals surface area contributed by atoms with Gasteiger partial charge in [-0.05, 0) is 47.6 Å². The van der Waals surface area contributed by atoms with Gasteiger partial charge in [-0.1, -0.05) is 43.7 Å². The summed E-state index contributed by atoms with van der Waals surface area (Å²) in [6.45, 7) is 3.86. The molecule has 0 spiro atoms. The van der Waals surface area contributed by atoms with E-state index in [2.05, 4.69) is 48.2 Å². The third kappa shape index (κ3) is 3.34. The first-order chi connectivity index (χ1) is 12.8. The molecule has 2 atom stereocenters. The lowest BCUT2D eigenvalue weighted by molar-refractivity contribution is -0.109. The molecule has 0 bridgehead atoms. The second-order valence-corrected chi connectivity index (χ2v) is 7.17. The molecule has 1 fully saturated rings. The number of fused-ring (bicyclic) bond motifs is 1. The number of hydrogen-bond donors (Lipinski definition) is 0. The van der Waals surface area contributed by atoms with E-state index in [4.69, 9.17) is 9.47 Å². The molecule has 0 N–H and O–H groups in total. The number of likely N-dealkylation sites (tertiary alicyclic amines) is 1. The Morgan fingerprint density at radius 3 is 2.62 bits per heavy atom. The first-order valence-corrected chi connectivity index (χ1v) is 9.44. The van der Waals surface area contributed by atoms with Crippen molar-refractivity contribution in [3.63, 3.8) is 0 Å². The highest BCUT2D eigenvalue weighted by Gasteiger charge is 2.34. The third-order valence-electron chi connectivity index (χ3n) is 5.48. The van der Waals surface area contributed by atoms with Gasteiger partial charge < -0.3 is 14.3 Å². The second kappa shape index (κ2) is 7.50. The number of aldehydes is 1. The molecule has 0 amide bonds. The highest BCUT2D eigenvalue weighted by atomic mass is 16.7. The maximum Gasteiger partial charge on any atom is 0.231 e. The Bertz CT molecular complexity index is 771. The predicted molar refractivity (Wildman–Crippen MR) is 101 cm³/mol. The van der Waals surface area contributed by atoms with E-state index in [9.17, 15) is 4.79 Å². The van der Waals surface area contributed by atoms with Crippen LogP contribution in [0.25, 0.3) is 0 Å². The van der Waals surface area contributed by atoms with E-state index in [0.717, 1.165) is 43.6 Å². The first kappa shape index (κ1) is 17.1. The molecule has 136 valence electrons. The summed E-state index contributed by atoms with van der Waals surface area (Å²) in [6.07, 6.45) is 4.30. The van der Waals surface area contributed by atoms with E-state index >= 15 is 0 Å². The summed E-state index contributed by atoms with van der Waals surface area (Å²) in [5, 5.41) is 0. The fourth-order valence-electron chi connectivity index (χ4n) is 4.15. The summed E-state index contributed by atoms with van der Waals surface area (Å²) in [5.74, 6) is 2.04. The summed E-state index contributed by atoms with van der Waals surface area (Å²) in [6, 6.07) is 15.4. The van der Waals surface area contributed by atoms with Gasteiger partial charge in [0.1, 0.15) is 6.29 Å². The highest BCUT2D eigenvalue weighted by molar-refractivity contribution is 5.52. The van der Waals surface area contributed by atoms with Crippen LogP contribution in [0.15, 0.2) is 42.5 Å². The van der Waals surface area contributed by atoms with E-state index in [-0.39, 0.29) is 6.04 Å². The zero-order chi connectivity index (χ0) is 17.9. The normalized spacial score (nSPS) is 21.9. The molecule has 0 radical (unpaired) electrons. The van der Waals surface area contributed by atoms with Crippen LogP contribution in [0.2, 0.25) is 0 Å². The number of rotatable bonds is 6. The minimum Gasteiger partial charge on any atom is -0.454 e. The maximum atomic E-state index is 11.2. The van der Waals surface area contributed by atoms with Crippen molar-refractivity contribution in [2.24, 2.45) is 0 Å². The molecule has 2 heterocycles. The minimum absolute atomic E-state index is 0.284. The molecular formula is C22H25NO3. The van der Waals surface area contributed by atoms with Crippen molar-refractivity contribution in [1.29, 1.82) is 0 Å². The molecule has 2 aliphatic rings.